The molecule has 1 aromatic heterocycles. The number of fused-ring (bicyclic) bond motifs is 4. The molecule has 7 rings (SSSR count). The molecule has 3 aliphatic rings. The average molecular weight is 913 g/mol. The van der Waals surface area contributed by atoms with Crippen LogP contribution in [0.1, 0.15) is 94.8 Å². The van der Waals surface area contributed by atoms with E-state index in [9.17, 15) is 40.6 Å². The van der Waals surface area contributed by atoms with E-state index in [-0.39, 0.29) is 23.2 Å². The number of ether oxygens (including phenoxy) is 1. The van der Waals surface area contributed by atoms with Crippen LogP contribution in [0, 0.1) is 10.8 Å². The van der Waals surface area contributed by atoms with Crippen molar-refractivity contribution in [1.29, 1.82) is 0 Å². The van der Waals surface area contributed by atoms with Gasteiger partial charge in [-0.3, -0.25) is 18.6 Å². The fraction of sp³-hybridized carbons (Fsp3) is 0.364. The molecule has 0 spiro atoms. The highest BCUT2D eigenvalue weighted by molar-refractivity contribution is 7.86. The maximum atomic E-state index is 13.5. The van der Waals surface area contributed by atoms with Crippen molar-refractivity contribution in [2.24, 2.45) is 15.9 Å². The summed E-state index contributed by atoms with van der Waals surface area (Å²) in [5.74, 6) is -2.52. The Kier molecular flexibility index (Phi) is 12.7. The molecule has 0 radical (unpaired) electrons. The maximum absolute atomic E-state index is 13.5. The first kappa shape index (κ1) is 45.9. The minimum atomic E-state index is -4.48. The SMILES string of the molecule is CC1(C)C=C(CS(=O)(=O)O)c2cc3c(cc2=C1)Oc1cc2c(cc1C=3c1ccc(C(=O)NCCCn3cc(CNCCCN=[N+]=[N-])nn3)cc1C(=O)O)C(CS(=O)(=O)O)=CC(C)(C)C2. The number of benzene rings is 3. The van der Waals surface area contributed by atoms with Crippen LogP contribution in [0.3, 0.4) is 0 Å². The maximum Gasteiger partial charge on any atom is 0.336 e. The minimum absolute atomic E-state index is 0.0792. The lowest BCUT2D eigenvalue weighted by Crippen LogP contribution is -2.29. The lowest BCUT2D eigenvalue weighted by Gasteiger charge is -2.32. The first-order valence-corrected chi connectivity index (χ1v) is 23.7. The van der Waals surface area contributed by atoms with Crippen LogP contribution >= 0.6 is 0 Å². The number of carbonyl (C=O) groups is 2. The van der Waals surface area contributed by atoms with Gasteiger partial charge < -0.3 is 20.5 Å². The Balaban J connectivity index is 1.26. The number of nitrogens with zero attached hydrogens (tertiary/aromatic N) is 6. The molecular weight excluding hydrogens is 865 g/mol. The third-order valence-electron chi connectivity index (χ3n) is 11.0. The molecule has 0 saturated carbocycles. The molecule has 20 heteroatoms. The van der Waals surface area contributed by atoms with Gasteiger partial charge in [0.25, 0.3) is 26.1 Å². The zero-order valence-corrected chi connectivity index (χ0v) is 37.3. The smallest absolute Gasteiger partial charge is 0.336 e. The molecule has 0 saturated heterocycles. The van der Waals surface area contributed by atoms with Gasteiger partial charge in [-0.05, 0) is 112 Å². The van der Waals surface area contributed by atoms with Gasteiger partial charge in [0.15, 0.2) is 0 Å². The first-order chi connectivity index (χ1) is 30.1. The van der Waals surface area contributed by atoms with Crippen molar-refractivity contribution in [2.45, 2.75) is 60.0 Å². The number of aromatic carboxylic acids is 1. The summed E-state index contributed by atoms with van der Waals surface area (Å²) < 4.78 is 77.3. The van der Waals surface area contributed by atoms with E-state index in [4.69, 9.17) is 10.3 Å². The Morgan fingerprint density at radius 3 is 2.33 bits per heavy atom. The van der Waals surface area contributed by atoms with Gasteiger partial charge in [-0.2, -0.15) is 16.8 Å². The normalized spacial score (nSPS) is 15.8. The third-order valence-corrected chi connectivity index (χ3v) is 12.3. The summed E-state index contributed by atoms with van der Waals surface area (Å²) >= 11 is 0. The highest BCUT2D eigenvalue weighted by Gasteiger charge is 2.33. The van der Waals surface area contributed by atoms with E-state index in [1.54, 1.807) is 47.3 Å². The molecule has 0 atom stereocenters. The van der Waals surface area contributed by atoms with Crippen LogP contribution < -0.4 is 25.8 Å². The van der Waals surface area contributed by atoms with Gasteiger partial charge in [0.2, 0.25) is 0 Å². The summed E-state index contributed by atoms with van der Waals surface area (Å²) in [7, 11) is -8.96. The monoisotopic (exact) mass is 912 g/mol. The van der Waals surface area contributed by atoms with Crippen molar-refractivity contribution in [3.63, 3.8) is 0 Å². The fourth-order valence-electron chi connectivity index (χ4n) is 8.56. The second-order valence-electron chi connectivity index (χ2n) is 17.5. The van der Waals surface area contributed by atoms with E-state index in [1.807, 2.05) is 33.8 Å². The molecule has 4 aromatic rings. The molecule has 2 aliphatic carbocycles. The van der Waals surface area contributed by atoms with Gasteiger partial charge in [0.05, 0.1) is 11.3 Å². The predicted octanol–water partition coefficient (Wildman–Crippen LogP) is 4.88. The zero-order chi connectivity index (χ0) is 46.2. The molecule has 1 aliphatic heterocycles. The van der Waals surface area contributed by atoms with Crippen LogP contribution in [0.5, 0.6) is 11.5 Å². The van der Waals surface area contributed by atoms with Crippen molar-refractivity contribution in [2.75, 3.05) is 31.1 Å². The van der Waals surface area contributed by atoms with E-state index in [2.05, 4.69) is 31.0 Å². The zero-order valence-electron chi connectivity index (χ0n) is 35.6. The van der Waals surface area contributed by atoms with E-state index in [0.29, 0.717) is 101 Å². The second kappa shape index (κ2) is 17.8. The van der Waals surface area contributed by atoms with E-state index < -0.39 is 54.4 Å². The number of allylic oxidation sites excluding steroid dienone is 2. The molecule has 18 nitrogen and oxygen atoms in total. The highest BCUT2D eigenvalue weighted by Crippen LogP contribution is 2.45. The van der Waals surface area contributed by atoms with Gasteiger partial charge >= 0.3 is 5.97 Å². The van der Waals surface area contributed by atoms with Crippen LogP contribution in [0.2, 0.25) is 0 Å². The number of carboxylic acids is 1. The predicted molar refractivity (Wildman–Crippen MR) is 239 cm³/mol. The molecular formula is C44H48N8O10S2. The Bertz CT molecular complexity index is 3060. The molecule has 5 N–H and O–H groups in total. The summed E-state index contributed by atoms with van der Waals surface area (Å²) in [6.07, 6.45) is 8.94. The van der Waals surface area contributed by atoms with Crippen molar-refractivity contribution in [3.8, 4) is 11.5 Å². The number of amides is 1. The number of hydrogen-bond donors (Lipinski definition) is 5. The first-order valence-electron chi connectivity index (χ1n) is 20.5. The van der Waals surface area contributed by atoms with Crippen LogP contribution in [0.4, 0.5) is 0 Å². The van der Waals surface area contributed by atoms with Crippen molar-refractivity contribution in [1.82, 2.24) is 25.6 Å². The minimum Gasteiger partial charge on any atom is -0.478 e. The summed E-state index contributed by atoms with van der Waals surface area (Å²) in [6.45, 7) is 9.88. The summed E-state index contributed by atoms with van der Waals surface area (Å²) in [4.78, 5) is 29.4. The van der Waals surface area contributed by atoms with Crippen LogP contribution in [-0.4, -0.2) is 89.1 Å². The van der Waals surface area contributed by atoms with Crippen molar-refractivity contribution < 1.29 is 45.4 Å². The van der Waals surface area contributed by atoms with E-state index in [0.717, 1.165) is 11.3 Å². The quantitative estimate of drug-likeness (QED) is 0.0274. The van der Waals surface area contributed by atoms with E-state index >= 15 is 0 Å². The number of nitrogens with one attached hydrogen (secondary N) is 2. The highest BCUT2D eigenvalue weighted by atomic mass is 32.2. The summed E-state index contributed by atoms with van der Waals surface area (Å²) in [6, 6.07) is 11.3. The summed E-state index contributed by atoms with van der Waals surface area (Å²) in [5.41, 5.74) is 11.2. The standard InChI is InChI=1S/C44H48N8O10S2/c1-43(2)18-27-14-38-36(16-33(27)29(20-43)24-63(56,57)58)40(37-17-34-28(15-39(37)62-38)19-44(3,4)21-30(34)25-64(59,60)61)32-8-7-26(13-35(32)42(54)55)41(53)47-10-6-12-52-23-31(49-51-52)22-46-9-5-11-48-50-45/h7-8,13-18,20-21,23,46H,5-6,9-12,19,22,24-25H2,1-4H3,(H,47,53)(H,54,55)(H,56,57,58)(H,59,60,61). The number of carbonyl (C=O) groups excluding carboxylic acids is 1. The van der Waals surface area contributed by atoms with E-state index in [1.165, 1.54) is 18.2 Å². The average Bonchev–Trinajstić information content (AvgIpc) is 3.64. The van der Waals surface area contributed by atoms with Gasteiger partial charge in [0.1, 0.15) is 23.0 Å². The van der Waals surface area contributed by atoms with Crippen LogP contribution in [-0.2, 0) is 39.7 Å². The number of azide groups is 1. The van der Waals surface area contributed by atoms with Crippen LogP contribution in [0.25, 0.3) is 33.2 Å². The molecule has 0 bridgehead atoms. The number of aromatic nitrogens is 3. The molecule has 3 aromatic carbocycles. The Labute approximate surface area is 369 Å². The fourth-order valence-corrected chi connectivity index (χ4v) is 9.82. The number of aryl methyl sites for hydroxylation is 1. The third kappa shape index (κ3) is 10.8. The molecule has 64 heavy (non-hydrogen) atoms. The van der Waals surface area contributed by atoms with Crippen molar-refractivity contribution >= 4 is 54.9 Å². The number of carboxylic acid groups (broad SMARTS) is 1. The molecule has 2 heterocycles. The number of hydrogen-bond acceptors (Lipinski definition) is 11. The Hall–Kier alpha value is -6.15. The molecule has 336 valence electrons. The largest absolute Gasteiger partial charge is 0.478 e. The molecule has 0 unspecified atom stereocenters. The molecule has 1 amide bonds. The van der Waals surface area contributed by atoms with Gasteiger partial charge in [-0.15, -0.1) is 5.10 Å². The Morgan fingerprint density at radius 1 is 0.891 bits per heavy atom. The Morgan fingerprint density at radius 2 is 1.62 bits per heavy atom. The number of rotatable bonds is 17. The molecule has 0 fully saturated rings. The lowest BCUT2D eigenvalue weighted by atomic mass is 9.75. The summed E-state index contributed by atoms with van der Waals surface area (Å²) in [5, 5.41) is 29.6. The van der Waals surface area contributed by atoms with Crippen LogP contribution in [0.15, 0.2) is 65.9 Å². The van der Waals surface area contributed by atoms with Gasteiger partial charge in [-0.1, -0.05) is 62.3 Å². The second-order valence-corrected chi connectivity index (χ2v) is 20.4. The van der Waals surface area contributed by atoms with Gasteiger partial charge in [-0.25, -0.2) is 4.79 Å². The van der Waals surface area contributed by atoms with Crippen molar-refractivity contribution in [3.05, 3.63) is 126 Å². The lowest BCUT2D eigenvalue weighted by molar-refractivity contribution is 0.0696. The van der Waals surface area contributed by atoms with Gasteiger partial charge in [0, 0.05) is 64.6 Å². The topological polar surface area (TPSA) is 276 Å².